The second kappa shape index (κ2) is 10.3. The van der Waals surface area contributed by atoms with E-state index in [1.165, 1.54) is 0 Å². The van der Waals surface area contributed by atoms with Crippen LogP contribution in [0.15, 0.2) is 40.2 Å². The van der Waals surface area contributed by atoms with Gasteiger partial charge >= 0.3 is 0 Å². The Morgan fingerprint density at radius 1 is 1.28 bits per heavy atom. The zero-order valence-electron chi connectivity index (χ0n) is 17.9. The minimum absolute atomic E-state index is 0.171. The molecule has 1 amide bonds. The minimum atomic E-state index is -0.406. The Hall–Kier alpha value is -4.02. The number of carbonyl (C=O) groups is 1. The van der Waals surface area contributed by atoms with E-state index in [2.05, 4.69) is 25.3 Å². The maximum atomic E-state index is 12.5. The van der Waals surface area contributed by atoms with Crippen molar-refractivity contribution in [2.75, 3.05) is 27.2 Å². The maximum absolute atomic E-state index is 12.5. The van der Waals surface area contributed by atoms with Gasteiger partial charge in [0.1, 0.15) is 5.65 Å². The first-order valence-corrected chi connectivity index (χ1v) is 10.1. The summed E-state index contributed by atoms with van der Waals surface area (Å²) < 4.78 is 0. The van der Waals surface area contributed by atoms with Gasteiger partial charge in [-0.1, -0.05) is 12.1 Å². The number of hydrogen-bond acceptors (Lipinski definition) is 6. The molecule has 0 aliphatic heterocycles. The topological polar surface area (TPSA) is 149 Å². The number of H-pyrrole nitrogens is 2. The number of hydrogen-bond donors (Lipinski definition) is 3. The van der Waals surface area contributed by atoms with Crippen LogP contribution in [0.1, 0.15) is 27.9 Å². The van der Waals surface area contributed by atoms with Crippen molar-refractivity contribution in [2.45, 2.75) is 19.3 Å². The summed E-state index contributed by atoms with van der Waals surface area (Å²) in [5, 5.41) is 13.5. The van der Waals surface area contributed by atoms with Gasteiger partial charge in [0.25, 0.3) is 11.5 Å². The molecule has 3 aromatic rings. The van der Waals surface area contributed by atoms with Crippen LogP contribution in [0.3, 0.4) is 0 Å². The molecule has 0 aliphatic carbocycles. The molecule has 2 aromatic heterocycles. The van der Waals surface area contributed by atoms with Crippen LogP contribution in [0.2, 0.25) is 0 Å². The summed E-state index contributed by atoms with van der Waals surface area (Å²) in [5.74, 6) is -0.0290. The summed E-state index contributed by atoms with van der Waals surface area (Å²) in [6.07, 6.45) is 4.93. The van der Waals surface area contributed by atoms with Gasteiger partial charge in [-0.05, 0) is 36.1 Å². The van der Waals surface area contributed by atoms with Crippen LogP contribution < -0.4 is 10.9 Å². The lowest BCUT2D eigenvalue weighted by atomic mass is 10.0. The Balaban J connectivity index is 1.61. The second-order valence-corrected chi connectivity index (χ2v) is 7.50. The molecule has 1 aromatic carbocycles. The number of aromatic nitrogens is 3. The molecule has 0 spiro atoms. The lowest BCUT2D eigenvalue weighted by Gasteiger charge is -2.06. The Labute approximate surface area is 183 Å². The van der Waals surface area contributed by atoms with E-state index in [-0.39, 0.29) is 30.5 Å². The van der Waals surface area contributed by atoms with E-state index >= 15 is 0 Å². The van der Waals surface area contributed by atoms with Gasteiger partial charge in [0.05, 0.1) is 11.7 Å². The predicted octanol–water partition coefficient (Wildman–Crippen LogP) is 1.65. The van der Waals surface area contributed by atoms with E-state index in [4.69, 9.17) is 0 Å². The fourth-order valence-electron chi connectivity index (χ4n) is 3.13. The van der Waals surface area contributed by atoms with Crippen LogP contribution in [-0.4, -0.2) is 64.2 Å². The molecule has 0 fully saturated rings. The molecule has 0 saturated carbocycles. The van der Waals surface area contributed by atoms with Crippen LogP contribution in [-0.2, 0) is 12.8 Å². The van der Waals surface area contributed by atoms with Gasteiger partial charge in [-0.3, -0.25) is 24.7 Å². The monoisotopic (exact) mass is 439 g/mol. The fourth-order valence-corrected chi connectivity index (χ4v) is 3.13. The first-order valence-electron chi connectivity index (χ1n) is 10.1. The van der Waals surface area contributed by atoms with Crippen LogP contribution in [0.4, 0.5) is 5.95 Å². The molecule has 2 heterocycles. The van der Waals surface area contributed by atoms with E-state index in [9.17, 15) is 19.7 Å². The smallest absolute Gasteiger partial charge is 0.262 e. The predicted molar refractivity (Wildman–Crippen MR) is 121 cm³/mol. The summed E-state index contributed by atoms with van der Waals surface area (Å²) in [6, 6.07) is 7.15. The van der Waals surface area contributed by atoms with Gasteiger partial charge in [-0.25, -0.2) is 4.99 Å². The van der Waals surface area contributed by atoms with Gasteiger partial charge in [0.15, 0.2) is 0 Å². The second-order valence-electron chi connectivity index (χ2n) is 7.50. The maximum Gasteiger partial charge on any atom is 0.262 e. The van der Waals surface area contributed by atoms with Crippen LogP contribution in [0, 0.1) is 10.1 Å². The number of nitrogens with zero attached hydrogens (tertiary/aromatic N) is 4. The Bertz CT molecular complexity index is 1180. The Morgan fingerprint density at radius 3 is 2.72 bits per heavy atom. The summed E-state index contributed by atoms with van der Waals surface area (Å²) in [7, 11) is 3.65. The fraction of sp³-hybridized carbons (Fsp3) is 0.333. The normalized spacial score (nSPS) is 11.2. The largest absolute Gasteiger partial charge is 0.369 e. The summed E-state index contributed by atoms with van der Waals surface area (Å²) in [6.45, 7) is 0.0862. The van der Waals surface area contributed by atoms with Gasteiger partial charge in [-0.2, -0.15) is 4.98 Å². The zero-order valence-corrected chi connectivity index (χ0v) is 17.9. The number of amides is 1. The van der Waals surface area contributed by atoms with E-state index in [1.807, 2.05) is 26.2 Å². The van der Waals surface area contributed by atoms with Crippen LogP contribution >= 0.6 is 0 Å². The first-order chi connectivity index (χ1) is 15.3. The van der Waals surface area contributed by atoms with Crippen molar-refractivity contribution in [1.82, 2.24) is 25.2 Å². The quantitative estimate of drug-likeness (QED) is 0.144. The Morgan fingerprint density at radius 2 is 2.03 bits per heavy atom. The highest BCUT2D eigenvalue weighted by Crippen LogP contribution is 2.17. The van der Waals surface area contributed by atoms with Crippen molar-refractivity contribution in [3.05, 3.63) is 67.6 Å². The number of nitro groups is 1. The van der Waals surface area contributed by atoms with Crippen LogP contribution in [0.5, 0.6) is 0 Å². The molecule has 11 nitrogen and oxygen atoms in total. The van der Waals surface area contributed by atoms with Crippen molar-refractivity contribution in [3.8, 4) is 0 Å². The molecule has 0 atom stereocenters. The molecule has 32 heavy (non-hydrogen) atoms. The molecule has 168 valence electrons. The minimum Gasteiger partial charge on any atom is -0.369 e. The van der Waals surface area contributed by atoms with E-state index < -0.39 is 4.92 Å². The van der Waals surface area contributed by atoms with E-state index in [1.54, 1.807) is 29.6 Å². The number of fused-ring (bicyclic) bond motifs is 1. The third kappa shape index (κ3) is 6.00. The molecule has 0 saturated heterocycles. The number of aryl methyl sites for hydroxylation is 2. The number of aliphatic imine (C=N–C) groups is 1. The number of rotatable bonds is 10. The molecule has 0 bridgehead atoms. The highest BCUT2D eigenvalue weighted by atomic mass is 16.6. The van der Waals surface area contributed by atoms with Crippen molar-refractivity contribution in [3.63, 3.8) is 0 Å². The number of benzene rings is 1. The summed E-state index contributed by atoms with van der Waals surface area (Å²) >= 11 is 0. The standard InChI is InChI=1S/C21H25N7O4/c1-27(2)13-24-21-25-18-17(20(30)26-21)16(12-23-18)9-6-14-4-7-15(8-5-14)19(29)22-10-3-11-28(31)32/h4-5,7-8,12-13H,3,6,9-11H2,1-2H3,(H,22,29)(H2,23,25,26,30). The first kappa shape index (κ1) is 22.7. The average Bonchev–Trinajstić information content (AvgIpc) is 3.17. The molecule has 11 heteroatoms. The van der Waals surface area contributed by atoms with Crippen molar-refractivity contribution >= 4 is 29.2 Å². The molecule has 0 unspecified atom stereocenters. The highest BCUT2D eigenvalue weighted by Gasteiger charge is 2.11. The van der Waals surface area contributed by atoms with Gasteiger partial charge in [-0.15, -0.1) is 0 Å². The molecule has 0 aliphatic rings. The van der Waals surface area contributed by atoms with Crippen molar-refractivity contribution in [1.29, 1.82) is 0 Å². The van der Waals surface area contributed by atoms with Gasteiger partial charge < -0.3 is 15.2 Å². The summed E-state index contributed by atoms with van der Waals surface area (Å²) in [5.41, 5.74) is 2.60. The van der Waals surface area contributed by atoms with Crippen LogP contribution in [0.25, 0.3) is 11.0 Å². The Kier molecular flexibility index (Phi) is 7.32. The van der Waals surface area contributed by atoms with E-state index in [0.29, 0.717) is 35.9 Å². The molecular formula is C21H25N7O4. The molecular weight excluding hydrogens is 414 g/mol. The highest BCUT2D eigenvalue weighted by molar-refractivity contribution is 5.94. The van der Waals surface area contributed by atoms with Gasteiger partial charge in [0.2, 0.25) is 12.5 Å². The zero-order chi connectivity index (χ0) is 23.1. The number of nitrogens with one attached hydrogen (secondary N) is 3. The van der Waals surface area contributed by atoms with Crippen molar-refractivity contribution < 1.29 is 9.72 Å². The lowest BCUT2D eigenvalue weighted by Crippen LogP contribution is -2.25. The number of aromatic amines is 2. The summed E-state index contributed by atoms with van der Waals surface area (Å²) in [4.78, 5) is 50.5. The third-order valence-corrected chi connectivity index (χ3v) is 4.72. The number of carbonyl (C=O) groups excluding carboxylic acids is 1. The average molecular weight is 439 g/mol. The van der Waals surface area contributed by atoms with Gasteiger partial charge in [0, 0.05) is 43.7 Å². The lowest BCUT2D eigenvalue weighted by molar-refractivity contribution is -0.480. The third-order valence-electron chi connectivity index (χ3n) is 4.72. The molecule has 3 N–H and O–H groups in total. The van der Waals surface area contributed by atoms with E-state index in [0.717, 1.165) is 11.1 Å². The molecule has 0 radical (unpaired) electrons. The SMILES string of the molecule is CN(C)C=Nc1nc2[nH]cc(CCc3ccc(C(=O)NCCC[N+](=O)[O-])cc3)c2c(=O)[nH]1. The molecule has 3 rings (SSSR count). The van der Waals surface area contributed by atoms with Crippen molar-refractivity contribution in [2.24, 2.45) is 4.99 Å².